The maximum Gasteiger partial charge on any atom is 0.308 e. The number of aryl methyl sites for hydroxylation is 1. The Morgan fingerprint density at radius 2 is 2.18 bits per heavy atom. The van der Waals surface area contributed by atoms with Gasteiger partial charge in [0, 0.05) is 13.1 Å². The van der Waals surface area contributed by atoms with Crippen molar-refractivity contribution in [2.24, 2.45) is 5.92 Å². The molecule has 5 nitrogen and oxygen atoms in total. The van der Waals surface area contributed by atoms with Gasteiger partial charge in [-0.25, -0.2) is 0 Å². The number of hydrogen-bond acceptors (Lipinski definition) is 3. The Hall–Kier alpha value is -1.78. The molecular formula is C12H17NO4. The summed E-state index contributed by atoms with van der Waals surface area (Å²) in [6.07, 6.45) is 1.46. The van der Waals surface area contributed by atoms with Crippen molar-refractivity contribution in [1.82, 2.24) is 4.90 Å². The van der Waals surface area contributed by atoms with E-state index in [1.165, 1.54) is 11.2 Å². The fourth-order valence-corrected chi connectivity index (χ4v) is 1.54. The van der Waals surface area contributed by atoms with Crippen LogP contribution in [0.25, 0.3) is 0 Å². The standard InChI is InChI=1S/C12H17NO4/c1-4-13(7-8(2)12(15)16)11(14)10-5-6-17-9(10)3/h5-6,8H,4,7H2,1-3H3,(H,15,16). The number of amides is 1. The lowest BCUT2D eigenvalue weighted by molar-refractivity contribution is -0.141. The summed E-state index contributed by atoms with van der Waals surface area (Å²) in [5.41, 5.74) is 0.490. The highest BCUT2D eigenvalue weighted by Crippen LogP contribution is 2.13. The molecule has 0 bridgehead atoms. The highest BCUT2D eigenvalue weighted by Gasteiger charge is 2.22. The van der Waals surface area contributed by atoms with E-state index in [4.69, 9.17) is 9.52 Å². The third-order valence-electron chi connectivity index (χ3n) is 2.67. The van der Waals surface area contributed by atoms with Gasteiger partial charge in [-0.15, -0.1) is 0 Å². The summed E-state index contributed by atoms with van der Waals surface area (Å²) in [5.74, 6) is -1.12. The Kier molecular flexibility index (Phi) is 4.31. The summed E-state index contributed by atoms with van der Waals surface area (Å²) >= 11 is 0. The van der Waals surface area contributed by atoms with Gasteiger partial charge in [0.1, 0.15) is 5.76 Å². The smallest absolute Gasteiger partial charge is 0.308 e. The quantitative estimate of drug-likeness (QED) is 0.850. The molecule has 5 heteroatoms. The second-order valence-corrected chi connectivity index (χ2v) is 3.97. The predicted molar refractivity (Wildman–Crippen MR) is 61.8 cm³/mol. The van der Waals surface area contributed by atoms with Crippen molar-refractivity contribution < 1.29 is 19.1 Å². The van der Waals surface area contributed by atoms with Crippen LogP contribution in [-0.4, -0.2) is 35.0 Å². The number of carbonyl (C=O) groups is 2. The van der Waals surface area contributed by atoms with Gasteiger partial charge < -0.3 is 14.4 Å². The Labute approximate surface area is 100 Å². The van der Waals surface area contributed by atoms with Gasteiger partial charge >= 0.3 is 5.97 Å². The summed E-state index contributed by atoms with van der Waals surface area (Å²) in [4.78, 5) is 24.4. The first-order valence-electron chi connectivity index (χ1n) is 5.53. The van der Waals surface area contributed by atoms with E-state index in [9.17, 15) is 9.59 Å². The molecule has 0 aliphatic heterocycles. The molecule has 0 aliphatic rings. The van der Waals surface area contributed by atoms with Crippen molar-refractivity contribution in [2.45, 2.75) is 20.8 Å². The van der Waals surface area contributed by atoms with E-state index in [1.807, 2.05) is 6.92 Å². The van der Waals surface area contributed by atoms with Crippen LogP contribution in [0.1, 0.15) is 30.0 Å². The Balaban J connectivity index is 2.78. The third kappa shape index (κ3) is 3.09. The van der Waals surface area contributed by atoms with Crippen LogP contribution in [0, 0.1) is 12.8 Å². The lowest BCUT2D eigenvalue weighted by Crippen LogP contribution is -2.36. The first-order valence-corrected chi connectivity index (χ1v) is 5.53. The molecule has 0 radical (unpaired) electrons. The molecule has 17 heavy (non-hydrogen) atoms. The van der Waals surface area contributed by atoms with Crippen molar-refractivity contribution in [1.29, 1.82) is 0 Å². The molecule has 94 valence electrons. The van der Waals surface area contributed by atoms with Crippen molar-refractivity contribution in [3.63, 3.8) is 0 Å². The van der Waals surface area contributed by atoms with E-state index >= 15 is 0 Å². The zero-order valence-corrected chi connectivity index (χ0v) is 10.3. The van der Waals surface area contributed by atoms with Gasteiger partial charge in [-0.1, -0.05) is 6.92 Å². The Bertz CT molecular complexity index is 410. The van der Waals surface area contributed by atoms with Gasteiger partial charge in [0.05, 0.1) is 17.7 Å². The lowest BCUT2D eigenvalue weighted by atomic mass is 10.1. The van der Waals surface area contributed by atoms with Gasteiger partial charge in [0.15, 0.2) is 0 Å². The van der Waals surface area contributed by atoms with E-state index in [1.54, 1.807) is 19.9 Å². The molecule has 1 amide bonds. The third-order valence-corrected chi connectivity index (χ3v) is 2.67. The highest BCUT2D eigenvalue weighted by atomic mass is 16.4. The molecule has 0 fully saturated rings. The second kappa shape index (κ2) is 5.52. The highest BCUT2D eigenvalue weighted by molar-refractivity contribution is 5.95. The average molecular weight is 239 g/mol. The molecule has 1 unspecified atom stereocenters. The molecule has 1 rings (SSSR count). The molecule has 0 saturated carbocycles. The molecule has 0 saturated heterocycles. The van der Waals surface area contributed by atoms with Crippen LogP contribution in [0.2, 0.25) is 0 Å². The minimum atomic E-state index is -0.903. The zero-order chi connectivity index (χ0) is 13.0. The summed E-state index contributed by atoms with van der Waals surface area (Å²) in [5, 5.41) is 8.84. The largest absolute Gasteiger partial charge is 0.481 e. The first-order chi connectivity index (χ1) is 7.97. The average Bonchev–Trinajstić information content (AvgIpc) is 2.70. The monoisotopic (exact) mass is 239 g/mol. The van der Waals surface area contributed by atoms with Gasteiger partial charge in [0.25, 0.3) is 5.91 Å². The number of furan rings is 1. The number of hydrogen-bond donors (Lipinski definition) is 1. The minimum Gasteiger partial charge on any atom is -0.481 e. The fourth-order valence-electron chi connectivity index (χ4n) is 1.54. The van der Waals surface area contributed by atoms with E-state index in [-0.39, 0.29) is 12.5 Å². The lowest BCUT2D eigenvalue weighted by Gasteiger charge is -2.22. The predicted octanol–water partition coefficient (Wildman–Crippen LogP) is 1.77. The normalized spacial score (nSPS) is 12.2. The van der Waals surface area contributed by atoms with Crippen molar-refractivity contribution >= 4 is 11.9 Å². The van der Waals surface area contributed by atoms with Crippen LogP contribution < -0.4 is 0 Å². The molecule has 1 aromatic rings. The van der Waals surface area contributed by atoms with Gasteiger partial charge in [-0.3, -0.25) is 9.59 Å². The van der Waals surface area contributed by atoms with Crippen LogP contribution in [0.5, 0.6) is 0 Å². The van der Waals surface area contributed by atoms with E-state index in [0.717, 1.165) is 0 Å². The molecule has 0 aliphatic carbocycles. The van der Waals surface area contributed by atoms with Crippen molar-refractivity contribution in [2.75, 3.05) is 13.1 Å². The van der Waals surface area contributed by atoms with Crippen molar-refractivity contribution in [3.8, 4) is 0 Å². The summed E-state index contributed by atoms with van der Waals surface area (Å²) < 4.78 is 5.07. The summed E-state index contributed by atoms with van der Waals surface area (Å²) in [6.45, 7) is 5.79. The molecule has 1 atom stereocenters. The molecule has 1 heterocycles. The van der Waals surface area contributed by atoms with Crippen LogP contribution in [0.15, 0.2) is 16.7 Å². The van der Waals surface area contributed by atoms with Crippen LogP contribution in [0.4, 0.5) is 0 Å². The van der Waals surface area contributed by atoms with Gasteiger partial charge in [-0.2, -0.15) is 0 Å². The number of carbonyl (C=O) groups excluding carboxylic acids is 1. The van der Waals surface area contributed by atoms with Crippen LogP contribution >= 0.6 is 0 Å². The van der Waals surface area contributed by atoms with Gasteiger partial charge in [-0.05, 0) is 19.9 Å². The van der Waals surface area contributed by atoms with Gasteiger partial charge in [0.2, 0.25) is 0 Å². The Morgan fingerprint density at radius 1 is 1.53 bits per heavy atom. The number of carboxylic acid groups (broad SMARTS) is 1. The van der Waals surface area contributed by atoms with Crippen molar-refractivity contribution in [3.05, 3.63) is 23.7 Å². The Morgan fingerprint density at radius 3 is 2.59 bits per heavy atom. The molecule has 0 aromatic carbocycles. The summed E-state index contributed by atoms with van der Waals surface area (Å²) in [7, 11) is 0. The second-order valence-electron chi connectivity index (χ2n) is 3.97. The SMILES string of the molecule is CCN(CC(C)C(=O)O)C(=O)c1ccoc1C. The maximum atomic E-state index is 12.1. The molecule has 0 spiro atoms. The minimum absolute atomic E-state index is 0.188. The zero-order valence-electron chi connectivity index (χ0n) is 10.3. The number of carboxylic acids is 1. The number of rotatable bonds is 5. The topological polar surface area (TPSA) is 70.8 Å². The first kappa shape index (κ1) is 13.3. The number of nitrogens with zero attached hydrogens (tertiary/aromatic N) is 1. The van der Waals surface area contributed by atoms with Crippen LogP contribution in [0.3, 0.4) is 0 Å². The van der Waals surface area contributed by atoms with Crippen LogP contribution in [-0.2, 0) is 4.79 Å². The molecule has 1 N–H and O–H groups in total. The van der Waals surface area contributed by atoms with E-state index < -0.39 is 11.9 Å². The fraction of sp³-hybridized carbons (Fsp3) is 0.500. The van der Waals surface area contributed by atoms with E-state index in [0.29, 0.717) is 17.9 Å². The molecular weight excluding hydrogens is 222 g/mol. The maximum absolute atomic E-state index is 12.1. The molecule has 1 aromatic heterocycles. The van der Waals surface area contributed by atoms with E-state index in [2.05, 4.69) is 0 Å². The number of aliphatic carboxylic acids is 1. The summed E-state index contributed by atoms with van der Waals surface area (Å²) in [6, 6.07) is 1.60.